The van der Waals surface area contributed by atoms with Gasteiger partial charge in [-0.3, -0.25) is 0 Å². The lowest BCUT2D eigenvalue weighted by atomic mass is 10.2. The molecule has 1 aromatic heterocycles. The molecule has 2 N–H and O–H groups in total. The van der Waals surface area contributed by atoms with Crippen molar-refractivity contribution in [3.63, 3.8) is 0 Å². The fourth-order valence-electron chi connectivity index (χ4n) is 0.953. The van der Waals surface area contributed by atoms with Crippen LogP contribution in [-0.2, 0) is 6.54 Å². The number of thiophene rings is 1. The third-order valence-corrected chi connectivity index (χ3v) is 3.42. The van der Waals surface area contributed by atoms with Gasteiger partial charge in [0.15, 0.2) is 0 Å². The molecule has 0 aliphatic carbocycles. The van der Waals surface area contributed by atoms with E-state index in [1.807, 2.05) is 6.92 Å². The van der Waals surface area contributed by atoms with Gasteiger partial charge in [0.05, 0.1) is 0 Å². The quantitative estimate of drug-likeness (QED) is 0.854. The molecule has 0 aliphatic heterocycles. The van der Waals surface area contributed by atoms with Crippen molar-refractivity contribution in [1.82, 2.24) is 5.32 Å². The maximum Gasteiger partial charge on any atom is 0.0468 e. The summed E-state index contributed by atoms with van der Waals surface area (Å²) < 4.78 is 1.14. The molecule has 0 saturated carbocycles. The molecular weight excluding hydrogens is 250 g/mol. The highest BCUT2D eigenvalue weighted by Gasteiger charge is 2.00. The van der Waals surface area contributed by atoms with E-state index in [9.17, 15) is 0 Å². The fourth-order valence-corrected chi connectivity index (χ4v) is 2.37. The van der Waals surface area contributed by atoms with Crippen LogP contribution in [0.1, 0.15) is 11.8 Å². The number of halogens is 1. The zero-order valence-electron chi connectivity index (χ0n) is 7.59. The van der Waals surface area contributed by atoms with Crippen molar-refractivity contribution in [2.45, 2.75) is 13.5 Å². The Balaban J connectivity index is 2.20. The van der Waals surface area contributed by atoms with Crippen molar-refractivity contribution in [3.8, 4) is 0 Å². The minimum Gasteiger partial charge on any atom is -0.396 e. The molecule has 0 fully saturated rings. The molecule has 0 saturated heterocycles. The normalized spacial score (nSPS) is 13.2. The van der Waals surface area contributed by atoms with E-state index in [1.54, 1.807) is 11.3 Å². The minimum absolute atomic E-state index is 0.251. The summed E-state index contributed by atoms with van der Waals surface area (Å²) in [5, 5.41) is 14.2. The molecule has 74 valence electrons. The predicted octanol–water partition coefficient (Wildman–Crippen LogP) is 2.23. The second-order valence-electron chi connectivity index (χ2n) is 3.15. The van der Waals surface area contributed by atoms with Crippen molar-refractivity contribution in [3.05, 3.63) is 20.8 Å². The van der Waals surface area contributed by atoms with Crippen LogP contribution in [0.3, 0.4) is 0 Å². The van der Waals surface area contributed by atoms with Gasteiger partial charge in [-0.1, -0.05) is 6.92 Å². The second kappa shape index (κ2) is 5.75. The monoisotopic (exact) mass is 263 g/mol. The number of hydrogen-bond acceptors (Lipinski definition) is 3. The molecule has 1 heterocycles. The van der Waals surface area contributed by atoms with Crippen molar-refractivity contribution in [2.75, 3.05) is 13.2 Å². The van der Waals surface area contributed by atoms with E-state index in [2.05, 4.69) is 32.7 Å². The zero-order chi connectivity index (χ0) is 9.68. The Bertz CT molecular complexity index is 252. The lowest BCUT2D eigenvalue weighted by Gasteiger charge is -2.07. The first-order valence-corrected chi connectivity index (χ1v) is 5.94. The maximum absolute atomic E-state index is 8.79. The molecule has 1 rings (SSSR count). The summed E-state index contributed by atoms with van der Waals surface area (Å²) in [6, 6.07) is 2.11. The molecule has 1 atom stereocenters. The van der Waals surface area contributed by atoms with Crippen molar-refractivity contribution < 1.29 is 5.11 Å². The van der Waals surface area contributed by atoms with Crippen LogP contribution in [0.4, 0.5) is 0 Å². The van der Waals surface area contributed by atoms with Crippen LogP contribution in [0.15, 0.2) is 15.9 Å². The summed E-state index contributed by atoms with van der Waals surface area (Å²) >= 11 is 5.15. The van der Waals surface area contributed by atoms with E-state index < -0.39 is 0 Å². The molecule has 2 nitrogen and oxygen atoms in total. The SMILES string of the molecule is CC(CO)CNCc1cc(Br)cs1. The zero-order valence-corrected chi connectivity index (χ0v) is 9.99. The standard InChI is InChI=1S/C9H14BrNOS/c1-7(5-12)3-11-4-9-2-8(10)6-13-9/h2,6-7,11-12H,3-5H2,1H3. The summed E-state index contributed by atoms with van der Waals surface area (Å²) in [6.07, 6.45) is 0. The third-order valence-electron chi connectivity index (χ3n) is 1.73. The molecule has 0 aliphatic rings. The summed E-state index contributed by atoms with van der Waals surface area (Å²) in [5.74, 6) is 0.336. The Morgan fingerprint density at radius 1 is 1.69 bits per heavy atom. The first-order chi connectivity index (χ1) is 6.22. The Kier molecular flexibility index (Phi) is 4.94. The molecular formula is C9H14BrNOS. The minimum atomic E-state index is 0.251. The van der Waals surface area contributed by atoms with E-state index in [-0.39, 0.29) is 6.61 Å². The lowest BCUT2D eigenvalue weighted by Crippen LogP contribution is -2.22. The number of hydrogen-bond donors (Lipinski definition) is 2. The molecule has 4 heteroatoms. The summed E-state index contributed by atoms with van der Waals surface area (Å²) in [6.45, 7) is 4.03. The van der Waals surface area contributed by atoms with E-state index in [4.69, 9.17) is 5.11 Å². The van der Waals surface area contributed by atoms with Crippen molar-refractivity contribution >= 4 is 27.3 Å². The first kappa shape index (κ1) is 11.2. The Hall–Kier alpha value is 0.1000. The van der Waals surface area contributed by atoms with Gasteiger partial charge in [-0.2, -0.15) is 0 Å². The summed E-state index contributed by atoms with van der Waals surface area (Å²) in [5.41, 5.74) is 0. The fraction of sp³-hybridized carbons (Fsp3) is 0.556. The Morgan fingerprint density at radius 2 is 2.46 bits per heavy atom. The molecule has 0 spiro atoms. The van der Waals surface area contributed by atoms with Crippen LogP contribution >= 0.6 is 27.3 Å². The molecule has 13 heavy (non-hydrogen) atoms. The van der Waals surface area contributed by atoms with Gasteiger partial charge in [-0.15, -0.1) is 11.3 Å². The molecule has 1 unspecified atom stereocenters. The van der Waals surface area contributed by atoms with Gasteiger partial charge in [0, 0.05) is 34.4 Å². The van der Waals surface area contributed by atoms with Crippen LogP contribution in [0, 0.1) is 5.92 Å². The van der Waals surface area contributed by atoms with Crippen LogP contribution in [0.25, 0.3) is 0 Å². The van der Waals surface area contributed by atoms with Gasteiger partial charge in [-0.05, 0) is 27.9 Å². The van der Waals surface area contributed by atoms with E-state index in [0.717, 1.165) is 17.6 Å². The predicted molar refractivity (Wildman–Crippen MR) is 60.0 cm³/mol. The smallest absolute Gasteiger partial charge is 0.0468 e. The largest absolute Gasteiger partial charge is 0.396 e. The molecule has 1 aromatic rings. The van der Waals surface area contributed by atoms with Crippen molar-refractivity contribution in [2.24, 2.45) is 5.92 Å². The maximum atomic E-state index is 8.79. The lowest BCUT2D eigenvalue weighted by molar-refractivity contribution is 0.233. The average Bonchev–Trinajstić information content (AvgIpc) is 2.51. The van der Waals surface area contributed by atoms with E-state index in [0.29, 0.717) is 5.92 Å². The van der Waals surface area contributed by atoms with Gasteiger partial charge >= 0.3 is 0 Å². The highest BCUT2D eigenvalue weighted by molar-refractivity contribution is 9.10. The van der Waals surface area contributed by atoms with Gasteiger partial charge in [-0.25, -0.2) is 0 Å². The van der Waals surface area contributed by atoms with E-state index >= 15 is 0 Å². The van der Waals surface area contributed by atoms with Gasteiger partial charge < -0.3 is 10.4 Å². The summed E-state index contributed by atoms with van der Waals surface area (Å²) in [4.78, 5) is 1.32. The number of nitrogens with one attached hydrogen (secondary N) is 1. The first-order valence-electron chi connectivity index (χ1n) is 4.27. The topological polar surface area (TPSA) is 32.3 Å². The second-order valence-corrected chi connectivity index (χ2v) is 5.06. The van der Waals surface area contributed by atoms with Gasteiger partial charge in [0.1, 0.15) is 0 Å². The highest BCUT2D eigenvalue weighted by atomic mass is 79.9. The molecule has 0 radical (unpaired) electrons. The highest BCUT2D eigenvalue weighted by Crippen LogP contribution is 2.19. The van der Waals surface area contributed by atoms with Crippen LogP contribution < -0.4 is 5.32 Å². The Morgan fingerprint density at radius 3 is 3.00 bits per heavy atom. The Labute approximate surface area is 91.1 Å². The third kappa shape index (κ3) is 4.22. The van der Waals surface area contributed by atoms with Gasteiger partial charge in [0.25, 0.3) is 0 Å². The van der Waals surface area contributed by atoms with Crippen molar-refractivity contribution in [1.29, 1.82) is 0 Å². The number of rotatable bonds is 5. The average molecular weight is 264 g/mol. The number of aliphatic hydroxyl groups is 1. The van der Waals surface area contributed by atoms with E-state index in [1.165, 1.54) is 4.88 Å². The molecule has 0 bridgehead atoms. The van der Waals surface area contributed by atoms with Crippen LogP contribution in [-0.4, -0.2) is 18.3 Å². The van der Waals surface area contributed by atoms with Crippen LogP contribution in [0.5, 0.6) is 0 Å². The summed E-state index contributed by atoms with van der Waals surface area (Å²) in [7, 11) is 0. The van der Waals surface area contributed by atoms with Gasteiger partial charge in [0.2, 0.25) is 0 Å². The molecule has 0 aromatic carbocycles. The molecule has 0 amide bonds. The van der Waals surface area contributed by atoms with Crippen LogP contribution in [0.2, 0.25) is 0 Å². The number of aliphatic hydroxyl groups excluding tert-OH is 1.